The Labute approximate surface area is 127 Å². The molecule has 0 spiro atoms. The van der Waals surface area contributed by atoms with Crippen LogP contribution in [0.25, 0.3) is 0 Å². The molecular formula is C14H19FN2O3S. The molecule has 0 bridgehead atoms. The number of carboxylic acid groups (broad SMARTS) is 1. The molecule has 0 heterocycles. The number of nitrogens with zero attached hydrogens (tertiary/aromatic N) is 1. The van der Waals surface area contributed by atoms with Gasteiger partial charge in [0.15, 0.2) is 0 Å². The first-order chi connectivity index (χ1) is 9.93. The second-order valence-electron chi connectivity index (χ2n) is 4.60. The zero-order valence-corrected chi connectivity index (χ0v) is 12.8. The van der Waals surface area contributed by atoms with E-state index in [2.05, 4.69) is 5.32 Å². The molecule has 0 fully saturated rings. The van der Waals surface area contributed by atoms with Gasteiger partial charge in [0.05, 0.1) is 0 Å². The second-order valence-corrected chi connectivity index (χ2v) is 5.59. The fraction of sp³-hybridized carbons (Fsp3) is 0.429. The van der Waals surface area contributed by atoms with Gasteiger partial charge in [-0.15, -0.1) is 0 Å². The SMILES string of the molecule is CSCCC(NC(=O)N(C)Cc1ccc(F)cc1)C(=O)O. The Kier molecular flexibility index (Phi) is 7.01. The monoisotopic (exact) mass is 314 g/mol. The summed E-state index contributed by atoms with van der Waals surface area (Å²) >= 11 is 1.52. The van der Waals surface area contributed by atoms with Gasteiger partial charge in [-0.05, 0) is 36.1 Å². The summed E-state index contributed by atoms with van der Waals surface area (Å²) in [6.07, 6.45) is 2.24. The molecular weight excluding hydrogens is 295 g/mol. The van der Waals surface area contributed by atoms with Crippen LogP contribution in [0, 0.1) is 5.82 Å². The standard InChI is InChI=1S/C14H19FN2O3S/c1-17(9-10-3-5-11(15)6-4-10)14(20)16-12(13(18)19)7-8-21-2/h3-6,12H,7-9H2,1-2H3,(H,16,20)(H,18,19). The summed E-state index contributed by atoms with van der Waals surface area (Å²) in [5.74, 6) is -0.736. The number of carboxylic acids is 1. The van der Waals surface area contributed by atoms with Crippen LogP contribution in [-0.4, -0.2) is 47.1 Å². The molecule has 0 aliphatic carbocycles. The average molecular weight is 314 g/mol. The van der Waals surface area contributed by atoms with Crippen LogP contribution in [0.15, 0.2) is 24.3 Å². The van der Waals surface area contributed by atoms with E-state index >= 15 is 0 Å². The van der Waals surface area contributed by atoms with Gasteiger partial charge in [0.1, 0.15) is 11.9 Å². The van der Waals surface area contributed by atoms with E-state index in [9.17, 15) is 14.0 Å². The first kappa shape index (κ1) is 17.3. The van der Waals surface area contributed by atoms with Gasteiger partial charge in [-0.2, -0.15) is 11.8 Å². The van der Waals surface area contributed by atoms with Crippen molar-refractivity contribution in [3.8, 4) is 0 Å². The number of urea groups is 1. The molecule has 0 saturated carbocycles. The van der Waals surface area contributed by atoms with Gasteiger partial charge < -0.3 is 15.3 Å². The van der Waals surface area contributed by atoms with Crippen molar-refractivity contribution in [1.82, 2.24) is 10.2 Å². The Morgan fingerprint density at radius 3 is 2.52 bits per heavy atom. The van der Waals surface area contributed by atoms with Crippen molar-refractivity contribution in [2.45, 2.75) is 19.0 Å². The third kappa shape index (κ3) is 6.03. The number of aliphatic carboxylic acids is 1. The summed E-state index contributed by atoms with van der Waals surface area (Å²) in [5, 5.41) is 11.5. The minimum atomic E-state index is -1.05. The Morgan fingerprint density at radius 1 is 1.38 bits per heavy atom. The smallest absolute Gasteiger partial charge is 0.326 e. The third-order valence-corrected chi connectivity index (χ3v) is 3.53. The maximum absolute atomic E-state index is 12.8. The molecule has 1 aromatic rings. The molecule has 21 heavy (non-hydrogen) atoms. The van der Waals surface area contributed by atoms with Gasteiger partial charge in [0.25, 0.3) is 0 Å². The number of hydrogen-bond acceptors (Lipinski definition) is 3. The van der Waals surface area contributed by atoms with E-state index in [1.807, 2.05) is 6.26 Å². The van der Waals surface area contributed by atoms with Crippen molar-refractivity contribution in [3.63, 3.8) is 0 Å². The minimum absolute atomic E-state index is 0.279. The molecule has 0 radical (unpaired) electrons. The van der Waals surface area contributed by atoms with Crippen LogP contribution in [0.4, 0.5) is 9.18 Å². The van der Waals surface area contributed by atoms with Gasteiger partial charge in [-0.1, -0.05) is 12.1 Å². The number of carbonyl (C=O) groups excluding carboxylic acids is 1. The molecule has 1 aromatic carbocycles. The van der Waals surface area contributed by atoms with Gasteiger partial charge in [0.2, 0.25) is 0 Å². The van der Waals surface area contributed by atoms with Crippen LogP contribution in [-0.2, 0) is 11.3 Å². The average Bonchev–Trinajstić information content (AvgIpc) is 2.45. The van der Waals surface area contributed by atoms with Gasteiger partial charge >= 0.3 is 12.0 Å². The normalized spacial score (nSPS) is 11.8. The summed E-state index contributed by atoms with van der Waals surface area (Å²) in [5.41, 5.74) is 0.769. The highest BCUT2D eigenvalue weighted by atomic mass is 32.2. The molecule has 116 valence electrons. The van der Waals surface area contributed by atoms with Crippen molar-refractivity contribution in [1.29, 1.82) is 0 Å². The lowest BCUT2D eigenvalue weighted by molar-refractivity contribution is -0.139. The molecule has 1 unspecified atom stereocenters. The van der Waals surface area contributed by atoms with E-state index in [1.165, 1.54) is 28.8 Å². The number of nitrogens with one attached hydrogen (secondary N) is 1. The van der Waals surface area contributed by atoms with Crippen molar-refractivity contribution in [2.75, 3.05) is 19.1 Å². The van der Waals surface area contributed by atoms with Crippen molar-refractivity contribution < 1.29 is 19.1 Å². The number of rotatable bonds is 7. The summed E-state index contributed by atoms with van der Waals surface area (Å²) in [7, 11) is 1.56. The first-order valence-corrected chi connectivity index (χ1v) is 7.81. The fourth-order valence-electron chi connectivity index (χ4n) is 1.69. The van der Waals surface area contributed by atoms with Crippen molar-refractivity contribution in [2.24, 2.45) is 0 Å². The van der Waals surface area contributed by atoms with Crippen LogP contribution < -0.4 is 5.32 Å². The molecule has 2 amide bonds. The Balaban J connectivity index is 2.56. The van der Waals surface area contributed by atoms with E-state index < -0.39 is 18.0 Å². The second kappa shape index (κ2) is 8.51. The van der Waals surface area contributed by atoms with E-state index in [0.29, 0.717) is 12.2 Å². The molecule has 0 aliphatic heterocycles. The van der Waals surface area contributed by atoms with Crippen LogP contribution in [0.1, 0.15) is 12.0 Å². The van der Waals surface area contributed by atoms with Gasteiger partial charge in [-0.3, -0.25) is 0 Å². The van der Waals surface area contributed by atoms with Crippen LogP contribution >= 0.6 is 11.8 Å². The highest BCUT2D eigenvalue weighted by Crippen LogP contribution is 2.07. The van der Waals surface area contributed by atoms with Crippen molar-refractivity contribution >= 4 is 23.8 Å². The van der Waals surface area contributed by atoms with Crippen LogP contribution in [0.5, 0.6) is 0 Å². The molecule has 0 saturated heterocycles. The quantitative estimate of drug-likeness (QED) is 0.809. The van der Waals surface area contributed by atoms with Crippen molar-refractivity contribution in [3.05, 3.63) is 35.6 Å². The molecule has 0 aliphatic rings. The molecule has 0 aromatic heterocycles. The summed E-state index contributed by atoms with van der Waals surface area (Å²) in [4.78, 5) is 24.4. The lowest BCUT2D eigenvalue weighted by atomic mass is 10.2. The topological polar surface area (TPSA) is 69.6 Å². The molecule has 1 atom stereocenters. The largest absolute Gasteiger partial charge is 0.480 e. The van der Waals surface area contributed by atoms with Gasteiger partial charge in [0, 0.05) is 13.6 Å². The molecule has 1 rings (SSSR count). The zero-order valence-electron chi connectivity index (χ0n) is 12.0. The van der Waals surface area contributed by atoms with Crippen LogP contribution in [0.2, 0.25) is 0 Å². The number of benzene rings is 1. The third-order valence-electron chi connectivity index (χ3n) is 2.89. The highest BCUT2D eigenvalue weighted by Gasteiger charge is 2.21. The highest BCUT2D eigenvalue weighted by molar-refractivity contribution is 7.98. The summed E-state index contributed by atoms with van der Waals surface area (Å²) in [6.45, 7) is 0.279. The Morgan fingerprint density at radius 2 is 2.00 bits per heavy atom. The summed E-state index contributed by atoms with van der Waals surface area (Å²) < 4.78 is 12.8. The molecule has 5 nitrogen and oxygen atoms in total. The lowest BCUT2D eigenvalue weighted by Gasteiger charge is -2.21. The molecule has 2 N–H and O–H groups in total. The van der Waals surface area contributed by atoms with E-state index in [1.54, 1.807) is 19.2 Å². The first-order valence-electron chi connectivity index (χ1n) is 6.42. The lowest BCUT2D eigenvalue weighted by Crippen LogP contribution is -2.46. The maximum Gasteiger partial charge on any atom is 0.326 e. The predicted octanol–water partition coefficient (Wildman–Crippen LogP) is 2.17. The van der Waals surface area contributed by atoms with Crippen LogP contribution in [0.3, 0.4) is 0 Å². The number of amides is 2. The fourth-order valence-corrected chi connectivity index (χ4v) is 2.16. The van der Waals surface area contributed by atoms with E-state index in [4.69, 9.17) is 5.11 Å². The maximum atomic E-state index is 12.8. The number of hydrogen-bond donors (Lipinski definition) is 2. The zero-order chi connectivity index (χ0) is 15.8. The predicted molar refractivity (Wildman–Crippen MR) is 80.8 cm³/mol. The van der Waals surface area contributed by atoms with Gasteiger partial charge in [-0.25, -0.2) is 14.0 Å². The number of thioether (sulfide) groups is 1. The van der Waals surface area contributed by atoms with E-state index in [0.717, 1.165) is 5.56 Å². The Bertz CT molecular complexity index is 482. The summed E-state index contributed by atoms with van der Waals surface area (Å²) in [6, 6.07) is 4.44. The van der Waals surface area contributed by atoms with E-state index in [-0.39, 0.29) is 12.4 Å². The number of carbonyl (C=O) groups is 2. The number of halogens is 1. The minimum Gasteiger partial charge on any atom is -0.480 e. The Hall–Kier alpha value is -1.76. The molecule has 7 heteroatoms.